The van der Waals surface area contributed by atoms with Crippen LogP contribution in [0.2, 0.25) is 0 Å². The van der Waals surface area contributed by atoms with Crippen LogP contribution in [-0.2, 0) is 9.47 Å². The van der Waals surface area contributed by atoms with Crippen LogP contribution in [0.4, 0.5) is 0 Å². The van der Waals surface area contributed by atoms with Crippen molar-refractivity contribution >= 4 is 0 Å². The molecule has 4 unspecified atom stereocenters. The molecule has 0 saturated carbocycles. The molecule has 0 radical (unpaired) electrons. The topological polar surface area (TPSA) is 58.9 Å². The van der Waals surface area contributed by atoms with Crippen LogP contribution < -0.4 is 0 Å². The Morgan fingerprint density at radius 2 is 2.14 bits per heavy atom. The zero-order valence-electron chi connectivity index (χ0n) is 9.01. The summed E-state index contributed by atoms with van der Waals surface area (Å²) in [7, 11) is 0. The van der Waals surface area contributed by atoms with Gasteiger partial charge in [-0.1, -0.05) is 6.92 Å². The molecule has 0 amide bonds. The van der Waals surface area contributed by atoms with Crippen molar-refractivity contribution in [2.75, 3.05) is 6.61 Å². The van der Waals surface area contributed by atoms with Crippen LogP contribution in [-0.4, -0.2) is 41.4 Å². The number of aliphatic hydroxyl groups is 2. The normalized spacial score (nSPS) is 39.0. The molecule has 4 nitrogen and oxygen atoms in total. The zero-order chi connectivity index (χ0) is 10.7. The average Bonchev–Trinajstić information content (AvgIpc) is 2.10. The maximum atomic E-state index is 9.65. The summed E-state index contributed by atoms with van der Waals surface area (Å²) in [5, 5.41) is 18.6. The second-order valence-electron chi connectivity index (χ2n) is 4.18. The van der Waals surface area contributed by atoms with Crippen molar-refractivity contribution in [2.45, 2.75) is 51.8 Å². The molecular formula is C10H20O4. The van der Waals surface area contributed by atoms with Gasteiger partial charge in [-0.15, -0.1) is 0 Å². The van der Waals surface area contributed by atoms with Crippen LogP contribution in [0.15, 0.2) is 0 Å². The molecule has 1 aliphatic heterocycles. The van der Waals surface area contributed by atoms with Gasteiger partial charge >= 0.3 is 0 Å². The molecule has 1 fully saturated rings. The quantitative estimate of drug-likeness (QED) is 0.703. The number of hydrogen-bond donors (Lipinski definition) is 2. The van der Waals surface area contributed by atoms with Crippen molar-refractivity contribution in [3.8, 4) is 0 Å². The molecule has 2 N–H and O–H groups in total. The maximum absolute atomic E-state index is 9.65. The Morgan fingerprint density at radius 1 is 1.50 bits per heavy atom. The first kappa shape index (κ1) is 11.9. The summed E-state index contributed by atoms with van der Waals surface area (Å²) in [6.07, 6.45) is -0.627. The third kappa shape index (κ3) is 2.92. The molecule has 1 rings (SSSR count). The lowest BCUT2D eigenvalue weighted by molar-refractivity contribution is -0.254. The summed E-state index contributed by atoms with van der Waals surface area (Å²) in [5.74, 6) is 0.102. The standard InChI is InChI=1S/C10H20O4/c1-6(2)13-9-4-7(3)10(12)8(5-11)14-9/h6-12H,4-5H2,1-3H3. The first-order chi connectivity index (χ1) is 6.54. The Hall–Kier alpha value is -0.160. The van der Waals surface area contributed by atoms with E-state index in [1.807, 2.05) is 20.8 Å². The highest BCUT2D eigenvalue weighted by Gasteiger charge is 2.35. The molecular weight excluding hydrogens is 184 g/mol. The van der Waals surface area contributed by atoms with Gasteiger partial charge in [-0.05, 0) is 19.8 Å². The van der Waals surface area contributed by atoms with Gasteiger partial charge in [-0.25, -0.2) is 0 Å². The minimum Gasteiger partial charge on any atom is -0.394 e. The van der Waals surface area contributed by atoms with Crippen LogP contribution in [0, 0.1) is 5.92 Å². The van der Waals surface area contributed by atoms with Crippen molar-refractivity contribution in [2.24, 2.45) is 5.92 Å². The van der Waals surface area contributed by atoms with E-state index >= 15 is 0 Å². The lowest BCUT2D eigenvalue weighted by Gasteiger charge is -2.37. The summed E-state index contributed by atoms with van der Waals surface area (Å²) >= 11 is 0. The molecule has 0 aromatic rings. The number of ether oxygens (including phenoxy) is 2. The fourth-order valence-electron chi connectivity index (χ4n) is 1.68. The minimum atomic E-state index is -0.591. The van der Waals surface area contributed by atoms with Crippen molar-refractivity contribution in [3.63, 3.8) is 0 Å². The summed E-state index contributed by atoms with van der Waals surface area (Å²) in [6.45, 7) is 5.65. The van der Waals surface area contributed by atoms with Gasteiger partial charge in [0.15, 0.2) is 6.29 Å². The zero-order valence-corrected chi connectivity index (χ0v) is 9.01. The highest BCUT2D eigenvalue weighted by Crippen LogP contribution is 2.26. The summed E-state index contributed by atoms with van der Waals surface area (Å²) in [4.78, 5) is 0. The van der Waals surface area contributed by atoms with E-state index < -0.39 is 12.2 Å². The van der Waals surface area contributed by atoms with Gasteiger partial charge < -0.3 is 19.7 Å². The SMILES string of the molecule is CC(C)OC1CC(C)C(O)C(CO)O1. The highest BCUT2D eigenvalue weighted by atomic mass is 16.7. The van der Waals surface area contributed by atoms with Gasteiger partial charge in [0, 0.05) is 6.42 Å². The monoisotopic (exact) mass is 204 g/mol. The molecule has 84 valence electrons. The lowest BCUT2D eigenvalue weighted by Crippen LogP contribution is -2.47. The molecule has 0 aliphatic carbocycles. The molecule has 0 aromatic carbocycles. The maximum Gasteiger partial charge on any atom is 0.158 e. The summed E-state index contributed by atoms with van der Waals surface area (Å²) < 4.78 is 10.9. The van der Waals surface area contributed by atoms with E-state index in [9.17, 15) is 5.11 Å². The molecule has 0 spiro atoms. The van der Waals surface area contributed by atoms with Crippen LogP contribution in [0.5, 0.6) is 0 Å². The molecule has 1 heterocycles. The fraction of sp³-hybridized carbons (Fsp3) is 1.00. The highest BCUT2D eigenvalue weighted by molar-refractivity contribution is 4.80. The molecule has 0 bridgehead atoms. The minimum absolute atomic E-state index is 0.0989. The van der Waals surface area contributed by atoms with Gasteiger partial charge in [0.2, 0.25) is 0 Å². The van der Waals surface area contributed by atoms with E-state index in [2.05, 4.69) is 0 Å². The van der Waals surface area contributed by atoms with Crippen LogP contribution >= 0.6 is 0 Å². The predicted octanol–water partition coefficient (Wildman–Crippen LogP) is 0.516. The third-order valence-corrected chi connectivity index (χ3v) is 2.46. The van der Waals surface area contributed by atoms with Gasteiger partial charge in [0.1, 0.15) is 6.10 Å². The summed E-state index contributed by atoms with van der Waals surface area (Å²) in [6, 6.07) is 0. The van der Waals surface area contributed by atoms with Gasteiger partial charge in [-0.2, -0.15) is 0 Å². The van der Waals surface area contributed by atoms with Gasteiger partial charge in [-0.3, -0.25) is 0 Å². The average molecular weight is 204 g/mol. The number of aliphatic hydroxyl groups excluding tert-OH is 2. The van der Waals surface area contributed by atoms with E-state index in [-0.39, 0.29) is 24.9 Å². The first-order valence-corrected chi connectivity index (χ1v) is 5.14. The molecule has 4 atom stereocenters. The molecule has 1 saturated heterocycles. The number of rotatable bonds is 3. The van der Waals surface area contributed by atoms with E-state index in [1.165, 1.54) is 0 Å². The Morgan fingerprint density at radius 3 is 2.64 bits per heavy atom. The first-order valence-electron chi connectivity index (χ1n) is 5.14. The van der Waals surface area contributed by atoms with E-state index in [0.717, 1.165) is 0 Å². The Balaban J connectivity index is 2.49. The van der Waals surface area contributed by atoms with Gasteiger partial charge in [0.25, 0.3) is 0 Å². The molecule has 0 aromatic heterocycles. The lowest BCUT2D eigenvalue weighted by atomic mass is 9.93. The smallest absolute Gasteiger partial charge is 0.158 e. The molecule has 1 aliphatic rings. The second kappa shape index (κ2) is 5.07. The molecule has 14 heavy (non-hydrogen) atoms. The van der Waals surface area contributed by atoms with Crippen molar-refractivity contribution in [1.29, 1.82) is 0 Å². The van der Waals surface area contributed by atoms with Crippen LogP contribution in [0.1, 0.15) is 27.2 Å². The van der Waals surface area contributed by atoms with Crippen molar-refractivity contribution < 1.29 is 19.7 Å². The Kier molecular flexibility index (Phi) is 4.31. The number of hydrogen-bond acceptors (Lipinski definition) is 4. The van der Waals surface area contributed by atoms with E-state index in [0.29, 0.717) is 6.42 Å². The predicted molar refractivity (Wildman–Crippen MR) is 51.8 cm³/mol. The third-order valence-electron chi connectivity index (χ3n) is 2.46. The van der Waals surface area contributed by atoms with Crippen molar-refractivity contribution in [1.82, 2.24) is 0 Å². The van der Waals surface area contributed by atoms with E-state index in [4.69, 9.17) is 14.6 Å². The Bertz CT molecular complexity index is 172. The van der Waals surface area contributed by atoms with Gasteiger partial charge in [0.05, 0.1) is 18.8 Å². The van der Waals surface area contributed by atoms with Crippen LogP contribution in [0.3, 0.4) is 0 Å². The summed E-state index contributed by atoms with van der Waals surface area (Å²) in [5.41, 5.74) is 0. The van der Waals surface area contributed by atoms with Crippen molar-refractivity contribution in [3.05, 3.63) is 0 Å². The van der Waals surface area contributed by atoms with Crippen LogP contribution in [0.25, 0.3) is 0 Å². The van der Waals surface area contributed by atoms with E-state index in [1.54, 1.807) is 0 Å². The second-order valence-corrected chi connectivity index (χ2v) is 4.18. The fourth-order valence-corrected chi connectivity index (χ4v) is 1.68. The molecule has 4 heteroatoms. The largest absolute Gasteiger partial charge is 0.394 e. The Labute approximate surface area is 84.8 Å².